The molecular weight excluding hydrogens is 295 g/mol. The Balaban J connectivity index is -0.0000000628. The molecule has 0 amide bonds. The van der Waals surface area contributed by atoms with Gasteiger partial charge in [0.15, 0.2) is 0 Å². The number of aryl methyl sites for hydroxylation is 2. The van der Waals surface area contributed by atoms with Crippen molar-refractivity contribution < 1.29 is 40.5 Å². The van der Waals surface area contributed by atoms with E-state index in [1.54, 1.807) is 0 Å². The van der Waals surface area contributed by atoms with Crippen molar-refractivity contribution in [2.45, 2.75) is 26.3 Å². The summed E-state index contributed by atoms with van der Waals surface area (Å²) in [4.78, 5) is 32.0. The second-order valence-electron chi connectivity index (χ2n) is 2.67. The summed E-state index contributed by atoms with van der Waals surface area (Å²) in [5, 5.41) is 0. The Kier molecular flexibility index (Phi) is 57.6. The predicted octanol–water partition coefficient (Wildman–Crippen LogP) is 0.371. The predicted molar refractivity (Wildman–Crippen MR) is 69.0 cm³/mol. The fourth-order valence-corrected chi connectivity index (χ4v) is 0.975. The molecule has 1 aromatic heterocycles. The average molecular weight is 318 g/mol. The molecule has 111 valence electrons. The minimum atomic E-state index is 0. The first-order valence-corrected chi connectivity index (χ1v) is 4.99. The van der Waals surface area contributed by atoms with E-state index >= 15 is 0 Å². The Bertz CT molecular complexity index is 252. The maximum Gasteiger partial charge on any atom is 2.00 e. The molecule has 0 atom stereocenters. The van der Waals surface area contributed by atoms with Crippen LogP contribution in [0, 0.1) is 0 Å². The third kappa shape index (κ3) is 26.2. The summed E-state index contributed by atoms with van der Waals surface area (Å²) in [6.45, 7) is 11.4. The van der Waals surface area contributed by atoms with Crippen molar-refractivity contribution in [2.75, 3.05) is 0 Å². The molecule has 19 heavy (non-hydrogen) atoms. The van der Waals surface area contributed by atoms with Crippen LogP contribution >= 0.6 is 0 Å². The zero-order chi connectivity index (χ0) is 15.4. The average Bonchev–Trinajstić information content (AvgIpc) is 2.91. The Morgan fingerprint density at radius 2 is 1.42 bits per heavy atom. The standard InChI is InChI=1S/C8H15N2.4CH2O.Co/c1-3-4-5-10-7-6-9(2)8-10;4*1-2;/h6-8H,3-5H2,1-2H3;4*1H2;/q+1;;;;;+2. The molecule has 0 unspecified atom stereocenters. The number of carbonyl (C=O) groups is 4. The second-order valence-corrected chi connectivity index (χ2v) is 2.67. The van der Waals surface area contributed by atoms with Crippen molar-refractivity contribution in [2.24, 2.45) is 7.05 Å². The summed E-state index contributed by atoms with van der Waals surface area (Å²) >= 11 is 0. The van der Waals surface area contributed by atoms with Crippen molar-refractivity contribution in [3.05, 3.63) is 18.7 Å². The Morgan fingerprint density at radius 1 is 1.00 bits per heavy atom. The first-order valence-electron chi connectivity index (χ1n) is 4.99. The molecule has 0 spiro atoms. The molecule has 0 N–H and O–H groups in total. The van der Waals surface area contributed by atoms with Crippen LogP contribution in [0.15, 0.2) is 18.7 Å². The smallest absolute Gasteiger partial charge is 0.307 e. The number of aromatic nitrogens is 2. The van der Waals surface area contributed by atoms with Crippen LogP contribution in [0.5, 0.6) is 0 Å². The van der Waals surface area contributed by atoms with Crippen LogP contribution in [0.25, 0.3) is 0 Å². The van der Waals surface area contributed by atoms with Crippen molar-refractivity contribution in [3.63, 3.8) is 0 Å². The van der Waals surface area contributed by atoms with Gasteiger partial charge in [-0.25, -0.2) is 9.13 Å². The van der Waals surface area contributed by atoms with Gasteiger partial charge in [-0.05, 0) is 6.42 Å². The molecule has 0 aromatic carbocycles. The summed E-state index contributed by atoms with van der Waals surface area (Å²) in [5.41, 5.74) is 0. The van der Waals surface area contributed by atoms with Crippen molar-refractivity contribution in [1.29, 1.82) is 0 Å². The van der Waals surface area contributed by atoms with Gasteiger partial charge in [0.2, 0.25) is 6.33 Å². The van der Waals surface area contributed by atoms with Gasteiger partial charge in [-0.3, -0.25) is 0 Å². The van der Waals surface area contributed by atoms with Gasteiger partial charge in [0.05, 0.1) is 13.6 Å². The van der Waals surface area contributed by atoms with Gasteiger partial charge in [-0.1, -0.05) is 13.3 Å². The summed E-state index contributed by atoms with van der Waals surface area (Å²) in [7, 11) is 2.04. The maximum atomic E-state index is 8.00. The number of nitrogens with zero attached hydrogens (tertiary/aromatic N) is 2. The van der Waals surface area contributed by atoms with E-state index in [9.17, 15) is 0 Å². The van der Waals surface area contributed by atoms with Crippen LogP contribution in [0.2, 0.25) is 0 Å². The van der Waals surface area contributed by atoms with Crippen molar-refractivity contribution in [1.82, 2.24) is 4.57 Å². The summed E-state index contributed by atoms with van der Waals surface area (Å²) < 4.78 is 4.28. The first kappa shape index (κ1) is 30.4. The third-order valence-corrected chi connectivity index (χ3v) is 1.59. The van der Waals surface area contributed by atoms with Crippen LogP contribution in [0.4, 0.5) is 0 Å². The van der Waals surface area contributed by atoms with Crippen LogP contribution < -0.4 is 4.57 Å². The molecule has 1 heterocycles. The van der Waals surface area contributed by atoms with E-state index in [-0.39, 0.29) is 16.8 Å². The van der Waals surface area contributed by atoms with Gasteiger partial charge in [0, 0.05) is 0 Å². The molecule has 1 radical (unpaired) electrons. The summed E-state index contributed by atoms with van der Waals surface area (Å²) in [5.74, 6) is 0. The number of imidazole rings is 1. The quantitative estimate of drug-likeness (QED) is 0.755. The van der Waals surface area contributed by atoms with E-state index in [2.05, 4.69) is 34.8 Å². The van der Waals surface area contributed by atoms with Crippen LogP contribution in [-0.4, -0.2) is 31.7 Å². The molecule has 0 aliphatic carbocycles. The van der Waals surface area contributed by atoms with Gasteiger partial charge >= 0.3 is 16.8 Å². The molecule has 0 saturated carbocycles. The normalized spacial score (nSPS) is 6.21. The van der Waals surface area contributed by atoms with Crippen LogP contribution in [0.1, 0.15) is 19.8 Å². The molecule has 0 fully saturated rings. The SMILES string of the molecule is C=O.C=O.C=O.C=O.CCCCn1cc[n+](C)c1.[Co+2]. The van der Waals surface area contributed by atoms with E-state index in [0.717, 1.165) is 6.54 Å². The second kappa shape index (κ2) is 36.0. The maximum absolute atomic E-state index is 8.00. The monoisotopic (exact) mass is 318 g/mol. The molecule has 1 aromatic rings. The Hall–Kier alpha value is -1.60. The van der Waals surface area contributed by atoms with E-state index in [0.29, 0.717) is 0 Å². The minimum absolute atomic E-state index is 0. The third-order valence-electron chi connectivity index (χ3n) is 1.59. The van der Waals surface area contributed by atoms with E-state index in [1.807, 2.05) is 34.2 Å². The fraction of sp³-hybridized carbons (Fsp3) is 0.417. The summed E-state index contributed by atoms with van der Waals surface area (Å²) in [6, 6.07) is 0. The molecule has 7 heteroatoms. The van der Waals surface area contributed by atoms with Gasteiger partial charge in [-0.15, -0.1) is 0 Å². The molecule has 0 saturated heterocycles. The zero-order valence-corrected chi connectivity index (χ0v) is 12.6. The van der Waals surface area contributed by atoms with E-state index < -0.39 is 0 Å². The molecule has 0 aliphatic heterocycles. The molecule has 0 bridgehead atoms. The Labute approximate surface area is 125 Å². The largest absolute Gasteiger partial charge is 2.00 e. The van der Waals surface area contributed by atoms with Gasteiger partial charge < -0.3 is 19.2 Å². The number of hydrogen-bond acceptors (Lipinski definition) is 4. The number of rotatable bonds is 3. The van der Waals surface area contributed by atoms with E-state index in [1.165, 1.54) is 12.8 Å². The topological polar surface area (TPSA) is 77.1 Å². The number of unbranched alkanes of at least 4 members (excludes halogenated alkanes) is 1. The molecule has 6 nitrogen and oxygen atoms in total. The fourth-order valence-electron chi connectivity index (χ4n) is 0.975. The van der Waals surface area contributed by atoms with Crippen molar-refractivity contribution in [3.8, 4) is 0 Å². The van der Waals surface area contributed by atoms with Gasteiger partial charge in [0.1, 0.15) is 39.5 Å². The first-order chi connectivity index (χ1) is 8.83. The van der Waals surface area contributed by atoms with Gasteiger partial charge in [0.25, 0.3) is 0 Å². The minimum Gasteiger partial charge on any atom is -0.307 e. The van der Waals surface area contributed by atoms with Gasteiger partial charge in [-0.2, -0.15) is 0 Å². The summed E-state index contributed by atoms with van der Waals surface area (Å²) in [6.07, 6.45) is 8.82. The number of hydrogen-bond donors (Lipinski definition) is 0. The van der Waals surface area contributed by atoms with E-state index in [4.69, 9.17) is 19.2 Å². The molecule has 1 rings (SSSR count). The van der Waals surface area contributed by atoms with Crippen LogP contribution in [0.3, 0.4) is 0 Å². The zero-order valence-electron chi connectivity index (χ0n) is 11.5. The van der Waals surface area contributed by atoms with Crippen molar-refractivity contribution >= 4 is 27.2 Å². The Morgan fingerprint density at radius 3 is 1.68 bits per heavy atom. The van der Waals surface area contributed by atoms with Crippen LogP contribution in [-0.2, 0) is 49.5 Å². The molecular formula is C12H23CoN2O4+3. The molecule has 0 aliphatic rings. The number of carbonyl (C=O) groups excluding carboxylic acids is 4.